The van der Waals surface area contributed by atoms with Gasteiger partial charge in [0.15, 0.2) is 0 Å². The van der Waals surface area contributed by atoms with E-state index in [1.165, 1.54) is 0 Å². The van der Waals surface area contributed by atoms with Crippen molar-refractivity contribution >= 4 is 5.97 Å². The topological polar surface area (TPSA) is 88.2 Å². The van der Waals surface area contributed by atoms with E-state index < -0.39 is 12.0 Å². The quantitative estimate of drug-likeness (QED) is 0.885. The standard InChI is InChI=1S/C14H15N3O3/c18-10-4-1-3-9(7-10)8-13-16-15-12-6-2-5-11(14(19)20)17(12)13/h1,3-4,7,11,18H,2,5-6,8H2,(H,19,20). The lowest BCUT2D eigenvalue weighted by molar-refractivity contribution is -0.141. The first-order valence-corrected chi connectivity index (χ1v) is 6.58. The Labute approximate surface area is 115 Å². The molecule has 0 saturated carbocycles. The van der Waals surface area contributed by atoms with Gasteiger partial charge in [0, 0.05) is 12.8 Å². The first kappa shape index (κ1) is 12.7. The summed E-state index contributed by atoms with van der Waals surface area (Å²) in [6, 6.07) is 6.30. The van der Waals surface area contributed by atoms with E-state index in [-0.39, 0.29) is 5.75 Å². The number of hydrogen-bond acceptors (Lipinski definition) is 4. The van der Waals surface area contributed by atoms with Crippen molar-refractivity contribution in [3.05, 3.63) is 41.5 Å². The normalized spacial score (nSPS) is 17.7. The number of phenols is 1. The van der Waals surface area contributed by atoms with Gasteiger partial charge in [-0.3, -0.25) is 0 Å². The molecular weight excluding hydrogens is 258 g/mol. The highest BCUT2D eigenvalue weighted by molar-refractivity contribution is 5.72. The minimum atomic E-state index is -0.845. The average Bonchev–Trinajstić information content (AvgIpc) is 2.82. The fraction of sp³-hybridized carbons (Fsp3) is 0.357. The second-order valence-corrected chi connectivity index (χ2v) is 5.00. The highest BCUT2D eigenvalue weighted by Gasteiger charge is 2.29. The van der Waals surface area contributed by atoms with Crippen LogP contribution in [0.4, 0.5) is 0 Å². The van der Waals surface area contributed by atoms with Crippen LogP contribution >= 0.6 is 0 Å². The number of phenolic OH excluding ortho intramolecular Hbond substituents is 1. The zero-order chi connectivity index (χ0) is 14.1. The second kappa shape index (κ2) is 4.96. The first-order valence-electron chi connectivity index (χ1n) is 6.58. The summed E-state index contributed by atoms with van der Waals surface area (Å²) in [5.41, 5.74) is 0.884. The minimum absolute atomic E-state index is 0.190. The Balaban J connectivity index is 1.95. The fourth-order valence-electron chi connectivity index (χ4n) is 2.68. The highest BCUT2D eigenvalue weighted by atomic mass is 16.4. The predicted molar refractivity (Wildman–Crippen MR) is 70.5 cm³/mol. The largest absolute Gasteiger partial charge is 0.508 e. The molecule has 0 aliphatic carbocycles. The third-order valence-electron chi connectivity index (χ3n) is 3.58. The Morgan fingerprint density at radius 2 is 2.25 bits per heavy atom. The zero-order valence-electron chi connectivity index (χ0n) is 10.9. The molecule has 1 atom stereocenters. The fourth-order valence-corrected chi connectivity index (χ4v) is 2.68. The van der Waals surface area contributed by atoms with Crippen molar-refractivity contribution in [1.82, 2.24) is 14.8 Å². The lowest BCUT2D eigenvalue weighted by atomic mass is 10.0. The molecule has 0 fully saturated rings. The smallest absolute Gasteiger partial charge is 0.326 e. The van der Waals surface area contributed by atoms with Crippen molar-refractivity contribution in [3.8, 4) is 5.75 Å². The number of hydrogen-bond donors (Lipinski definition) is 2. The number of rotatable bonds is 3. The van der Waals surface area contributed by atoms with E-state index in [4.69, 9.17) is 0 Å². The predicted octanol–water partition coefficient (Wildman–Crippen LogP) is 1.54. The van der Waals surface area contributed by atoms with Gasteiger partial charge in [0.1, 0.15) is 23.4 Å². The van der Waals surface area contributed by atoms with E-state index in [0.717, 1.165) is 24.2 Å². The third kappa shape index (κ3) is 2.24. The zero-order valence-corrected chi connectivity index (χ0v) is 10.9. The third-order valence-corrected chi connectivity index (χ3v) is 3.58. The van der Waals surface area contributed by atoms with Gasteiger partial charge in [0.2, 0.25) is 0 Å². The van der Waals surface area contributed by atoms with Crippen LogP contribution in [-0.2, 0) is 17.6 Å². The first-order chi connectivity index (χ1) is 9.65. The summed E-state index contributed by atoms with van der Waals surface area (Å²) in [5, 5.41) is 27.0. The van der Waals surface area contributed by atoms with Gasteiger partial charge in [-0.05, 0) is 30.5 Å². The van der Waals surface area contributed by atoms with Gasteiger partial charge in [-0.15, -0.1) is 10.2 Å². The van der Waals surface area contributed by atoms with Crippen LogP contribution in [0.15, 0.2) is 24.3 Å². The van der Waals surface area contributed by atoms with Gasteiger partial charge in [0.05, 0.1) is 0 Å². The molecule has 2 heterocycles. The molecule has 0 saturated heterocycles. The van der Waals surface area contributed by atoms with Crippen LogP contribution in [0.5, 0.6) is 5.75 Å². The Bertz CT molecular complexity index is 651. The van der Waals surface area contributed by atoms with E-state index in [0.29, 0.717) is 18.7 Å². The summed E-state index contributed by atoms with van der Waals surface area (Å²) in [5.74, 6) is 0.718. The van der Waals surface area contributed by atoms with Crippen molar-refractivity contribution in [3.63, 3.8) is 0 Å². The molecule has 2 N–H and O–H groups in total. The van der Waals surface area contributed by atoms with Gasteiger partial charge in [-0.1, -0.05) is 12.1 Å². The number of aromatic hydroxyl groups is 1. The maximum absolute atomic E-state index is 11.4. The number of aryl methyl sites for hydroxylation is 1. The summed E-state index contributed by atoms with van der Waals surface area (Å²) in [6.07, 6.45) is 2.65. The number of nitrogens with zero attached hydrogens (tertiary/aromatic N) is 3. The molecule has 0 spiro atoms. The van der Waals surface area contributed by atoms with Gasteiger partial charge < -0.3 is 14.8 Å². The molecule has 0 amide bonds. The molecule has 0 bridgehead atoms. The molecule has 2 aromatic rings. The Hall–Kier alpha value is -2.37. The molecule has 1 aromatic heterocycles. The Morgan fingerprint density at radius 3 is 3.00 bits per heavy atom. The summed E-state index contributed by atoms with van der Waals surface area (Å²) in [7, 11) is 0. The van der Waals surface area contributed by atoms with Crippen LogP contribution in [-0.4, -0.2) is 30.9 Å². The SMILES string of the molecule is O=C(O)C1CCCc2nnc(Cc3cccc(O)c3)n21. The molecule has 6 heteroatoms. The molecule has 0 radical (unpaired) electrons. The number of benzene rings is 1. The van der Waals surface area contributed by atoms with Gasteiger partial charge >= 0.3 is 5.97 Å². The van der Waals surface area contributed by atoms with Crippen molar-refractivity contribution in [2.45, 2.75) is 31.7 Å². The highest BCUT2D eigenvalue weighted by Crippen LogP contribution is 2.26. The summed E-state index contributed by atoms with van der Waals surface area (Å²) >= 11 is 0. The number of carboxylic acids is 1. The Morgan fingerprint density at radius 1 is 1.40 bits per heavy atom. The maximum Gasteiger partial charge on any atom is 0.326 e. The van der Waals surface area contributed by atoms with Crippen LogP contribution in [0.1, 0.15) is 36.1 Å². The minimum Gasteiger partial charge on any atom is -0.508 e. The monoisotopic (exact) mass is 273 g/mol. The van der Waals surface area contributed by atoms with E-state index >= 15 is 0 Å². The summed E-state index contributed by atoms with van der Waals surface area (Å²) < 4.78 is 1.73. The molecule has 1 unspecified atom stereocenters. The average molecular weight is 273 g/mol. The van der Waals surface area contributed by atoms with Gasteiger partial charge in [-0.2, -0.15) is 0 Å². The van der Waals surface area contributed by atoms with E-state index in [1.807, 2.05) is 6.07 Å². The number of carboxylic acid groups (broad SMARTS) is 1. The summed E-state index contributed by atoms with van der Waals surface area (Å²) in [6.45, 7) is 0. The molecule has 1 aliphatic heterocycles. The summed E-state index contributed by atoms with van der Waals surface area (Å²) in [4.78, 5) is 11.4. The molecule has 20 heavy (non-hydrogen) atoms. The van der Waals surface area contributed by atoms with Crippen LogP contribution in [0.2, 0.25) is 0 Å². The van der Waals surface area contributed by atoms with Crippen LogP contribution in [0.25, 0.3) is 0 Å². The number of carbonyl (C=O) groups is 1. The molecule has 1 aromatic carbocycles. The molecule has 3 rings (SSSR count). The van der Waals surface area contributed by atoms with Crippen molar-refractivity contribution in [1.29, 1.82) is 0 Å². The Kier molecular flexibility index (Phi) is 3.14. The molecular formula is C14H15N3O3. The molecule has 104 valence electrons. The van der Waals surface area contributed by atoms with E-state index in [9.17, 15) is 15.0 Å². The lowest BCUT2D eigenvalue weighted by Gasteiger charge is -2.22. The van der Waals surface area contributed by atoms with E-state index in [2.05, 4.69) is 10.2 Å². The number of fused-ring (bicyclic) bond motifs is 1. The molecule has 1 aliphatic rings. The van der Waals surface area contributed by atoms with Crippen LogP contribution in [0.3, 0.4) is 0 Å². The van der Waals surface area contributed by atoms with Crippen LogP contribution in [0, 0.1) is 0 Å². The van der Waals surface area contributed by atoms with Crippen LogP contribution < -0.4 is 0 Å². The number of aliphatic carboxylic acids is 1. The van der Waals surface area contributed by atoms with Gasteiger partial charge in [0.25, 0.3) is 0 Å². The molecule has 6 nitrogen and oxygen atoms in total. The second-order valence-electron chi connectivity index (χ2n) is 5.00. The van der Waals surface area contributed by atoms with E-state index in [1.54, 1.807) is 22.8 Å². The maximum atomic E-state index is 11.4. The van der Waals surface area contributed by atoms with Crippen molar-refractivity contribution in [2.24, 2.45) is 0 Å². The number of aromatic nitrogens is 3. The van der Waals surface area contributed by atoms with Crippen molar-refractivity contribution < 1.29 is 15.0 Å². The van der Waals surface area contributed by atoms with Crippen molar-refractivity contribution in [2.75, 3.05) is 0 Å². The van der Waals surface area contributed by atoms with Gasteiger partial charge in [-0.25, -0.2) is 4.79 Å². The lowest BCUT2D eigenvalue weighted by Crippen LogP contribution is -2.26.